The standard InChI is InChI=1S/C19H30F3N5O2S/c1-5-23-16(25-10-15-26-14(12-30-15)19(20,21)22)24-9-13-7-6-8-27(11-13)17(28)29-18(2,3)4/h12-13H,5-11H2,1-4H3,(H2,23,24,25). The van der Waals surface area contributed by atoms with Crippen molar-refractivity contribution < 1.29 is 22.7 Å². The normalized spacial score (nSPS) is 18.3. The van der Waals surface area contributed by atoms with Crippen LogP contribution in [0.5, 0.6) is 0 Å². The number of hydrogen-bond acceptors (Lipinski definition) is 5. The first-order valence-electron chi connectivity index (χ1n) is 9.99. The van der Waals surface area contributed by atoms with Crippen molar-refractivity contribution in [3.63, 3.8) is 0 Å². The molecule has 1 aromatic heterocycles. The largest absolute Gasteiger partial charge is 0.444 e. The van der Waals surface area contributed by atoms with Crippen LogP contribution in [0.4, 0.5) is 18.0 Å². The number of nitrogens with one attached hydrogen (secondary N) is 2. The van der Waals surface area contributed by atoms with Crippen LogP contribution in [-0.4, -0.2) is 53.7 Å². The Labute approximate surface area is 179 Å². The second-order valence-corrected chi connectivity index (χ2v) is 9.08. The lowest BCUT2D eigenvalue weighted by molar-refractivity contribution is -0.140. The maximum Gasteiger partial charge on any atom is 0.434 e. The predicted molar refractivity (Wildman–Crippen MR) is 110 cm³/mol. The van der Waals surface area contributed by atoms with Crippen molar-refractivity contribution in [2.24, 2.45) is 10.9 Å². The van der Waals surface area contributed by atoms with Crippen molar-refractivity contribution >= 4 is 23.4 Å². The van der Waals surface area contributed by atoms with Crippen LogP contribution >= 0.6 is 11.3 Å². The van der Waals surface area contributed by atoms with Gasteiger partial charge in [-0.05, 0) is 46.5 Å². The van der Waals surface area contributed by atoms with E-state index in [1.807, 2.05) is 27.7 Å². The van der Waals surface area contributed by atoms with Gasteiger partial charge in [-0.25, -0.2) is 14.8 Å². The third kappa shape index (κ3) is 8.00. The predicted octanol–water partition coefficient (Wildman–Crippen LogP) is 3.86. The number of nitrogens with zero attached hydrogens (tertiary/aromatic N) is 3. The number of aliphatic imine (C=N–C) groups is 1. The minimum Gasteiger partial charge on any atom is -0.444 e. The van der Waals surface area contributed by atoms with Crippen LogP contribution in [0.2, 0.25) is 0 Å². The second kappa shape index (κ2) is 10.3. The average Bonchev–Trinajstić information content (AvgIpc) is 3.12. The SMILES string of the molecule is CCNC(=NCc1nc(C(F)(F)F)cs1)NCC1CCCN(C(=O)OC(C)(C)C)C1. The summed E-state index contributed by atoms with van der Waals surface area (Å²) in [5.74, 6) is 0.738. The van der Waals surface area contributed by atoms with Crippen molar-refractivity contribution in [2.45, 2.75) is 58.9 Å². The molecule has 0 aliphatic carbocycles. The highest BCUT2D eigenvalue weighted by Crippen LogP contribution is 2.30. The molecule has 1 amide bonds. The molecule has 2 N–H and O–H groups in total. The molecule has 0 bridgehead atoms. The number of ether oxygens (including phenoxy) is 1. The molecule has 11 heteroatoms. The molecule has 0 radical (unpaired) electrons. The molecule has 170 valence electrons. The second-order valence-electron chi connectivity index (χ2n) is 8.13. The number of guanidine groups is 1. The highest BCUT2D eigenvalue weighted by atomic mass is 32.1. The molecule has 0 spiro atoms. The minimum atomic E-state index is -4.44. The summed E-state index contributed by atoms with van der Waals surface area (Å²) in [4.78, 5) is 21.9. The first-order chi connectivity index (χ1) is 14.0. The average molecular weight is 450 g/mol. The third-order valence-electron chi connectivity index (χ3n) is 4.29. The van der Waals surface area contributed by atoms with Crippen LogP contribution in [0.1, 0.15) is 51.2 Å². The molecule has 1 aromatic rings. The number of piperidine rings is 1. The Morgan fingerprint density at radius 1 is 1.37 bits per heavy atom. The van der Waals surface area contributed by atoms with E-state index in [1.165, 1.54) is 0 Å². The zero-order chi connectivity index (χ0) is 22.4. The summed E-state index contributed by atoms with van der Waals surface area (Å²) in [6.45, 7) is 9.96. The van der Waals surface area contributed by atoms with Crippen LogP contribution in [0.25, 0.3) is 0 Å². The van der Waals surface area contributed by atoms with Gasteiger partial charge in [-0.2, -0.15) is 13.2 Å². The Balaban J connectivity index is 1.89. The Bertz CT molecular complexity index is 730. The smallest absolute Gasteiger partial charge is 0.434 e. The van der Waals surface area contributed by atoms with Gasteiger partial charge >= 0.3 is 12.3 Å². The maximum absolute atomic E-state index is 12.7. The van der Waals surface area contributed by atoms with E-state index in [0.29, 0.717) is 37.1 Å². The van der Waals surface area contributed by atoms with Gasteiger partial charge in [0.2, 0.25) is 0 Å². The number of rotatable bonds is 5. The van der Waals surface area contributed by atoms with E-state index in [1.54, 1.807) is 4.90 Å². The summed E-state index contributed by atoms with van der Waals surface area (Å²) in [5, 5.41) is 7.60. The zero-order valence-corrected chi connectivity index (χ0v) is 18.6. The molecule has 1 aliphatic rings. The van der Waals surface area contributed by atoms with Crippen LogP contribution < -0.4 is 10.6 Å². The zero-order valence-electron chi connectivity index (χ0n) is 17.8. The van der Waals surface area contributed by atoms with Gasteiger partial charge in [-0.3, -0.25) is 0 Å². The molecule has 1 saturated heterocycles. The van der Waals surface area contributed by atoms with Crippen molar-refractivity contribution in [1.82, 2.24) is 20.5 Å². The number of amides is 1. The number of thiazole rings is 1. The van der Waals surface area contributed by atoms with Gasteiger partial charge in [-0.15, -0.1) is 11.3 Å². The lowest BCUT2D eigenvalue weighted by Crippen LogP contribution is -2.47. The maximum atomic E-state index is 12.7. The van der Waals surface area contributed by atoms with E-state index >= 15 is 0 Å². The number of halogens is 3. The monoisotopic (exact) mass is 449 g/mol. The molecule has 2 rings (SSSR count). The van der Waals surface area contributed by atoms with Crippen LogP contribution in [0, 0.1) is 5.92 Å². The van der Waals surface area contributed by atoms with Gasteiger partial charge in [0.1, 0.15) is 10.6 Å². The summed E-state index contributed by atoms with van der Waals surface area (Å²) < 4.78 is 43.5. The van der Waals surface area contributed by atoms with Gasteiger partial charge in [0.15, 0.2) is 11.7 Å². The van der Waals surface area contributed by atoms with Crippen molar-refractivity contribution in [1.29, 1.82) is 0 Å². The number of aromatic nitrogens is 1. The molecule has 1 atom stereocenters. The van der Waals surface area contributed by atoms with Crippen LogP contribution in [0.15, 0.2) is 10.4 Å². The van der Waals surface area contributed by atoms with E-state index in [0.717, 1.165) is 29.6 Å². The quantitative estimate of drug-likeness (QED) is 0.527. The first-order valence-corrected chi connectivity index (χ1v) is 10.9. The van der Waals surface area contributed by atoms with E-state index < -0.39 is 17.5 Å². The number of hydrogen-bond donors (Lipinski definition) is 2. The van der Waals surface area contributed by atoms with Gasteiger partial charge in [0.05, 0.1) is 6.54 Å². The molecule has 0 saturated carbocycles. The fraction of sp³-hybridized carbons (Fsp3) is 0.737. The molecular weight excluding hydrogens is 419 g/mol. The summed E-state index contributed by atoms with van der Waals surface area (Å²) >= 11 is 0.939. The molecule has 30 heavy (non-hydrogen) atoms. The Hall–Kier alpha value is -2.04. The highest BCUT2D eigenvalue weighted by Gasteiger charge is 2.33. The lowest BCUT2D eigenvalue weighted by atomic mass is 9.98. The minimum absolute atomic E-state index is 0.0603. The van der Waals surface area contributed by atoms with Crippen LogP contribution in [0.3, 0.4) is 0 Å². The molecule has 1 aliphatic heterocycles. The summed E-state index contributed by atoms with van der Waals surface area (Å²) in [7, 11) is 0. The summed E-state index contributed by atoms with van der Waals surface area (Å²) in [6.07, 6.45) is -2.90. The highest BCUT2D eigenvalue weighted by molar-refractivity contribution is 7.09. The number of carbonyl (C=O) groups is 1. The molecule has 7 nitrogen and oxygen atoms in total. The van der Waals surface area contributed by atoms with Gasteiger partial charge in [0, 0.05) is 31.6 Å². The molecule has 2 heterocycles. The van der Waals surface area contributed by atoms with Crippen LogP contribution in [-0.2, 0) is 17.5 Å². The Morgan fingerprint density at radius 3 is 2.70 bits per heavy atom. The fourth-order valence-corrected chi connectivity index (χ4v) is 3.69. The lowest BCUT2D eigenvalue weighted by Gasteiger charge is -2.34. The molecular formula is C19H30F3N5O2S. The first kappa shape index (κ1) is 24.2. The van der Waals surface area contributed by atoms with Gasteiger partial charge in [0.25, 0.3) is 0 Å². The molecule has 1 unspecified atom stereocenters. The summed E-state index contributed by atoms with van der Waals surface area (Å²) in [6, 6.07) is 0. The third-order valence-corrected chi connectivity index (χ3v) is 5.12. The van der Waals surface area contributed by atoms with Crippen molar-refractivity contribution in [3.8, 4) is 0 Å². The Morgan fingerprint density at radius 2 is 2.10 bits per heavy atom. The number of alkyl halides is 3. The summed E-state index contributed by atoms with van der Waals surface area (Å²) in [5.41, 5.74) is -1.42. The Kier molecular flexibility index (Phi) is 8.34. The van der Waals surface area contributed by atoms with E-state index in [-0.39, 0.29) is 18.6 Å². The van der Waals surface area contributed by atoms with Gasteiger partial charge in [-0.1, -0.05) is 0 Å². The van der Waals surface area contributed by atoms with Gasteiger partial charge < -0.3 is 20.3 Å². The van der Waals surface area contributed by atoms with E-state index in [2.05, 4.69) is 20.6 Å². The molecule has 1 fully saturated rings. The number of likely N-dealkylation sites (tertiary alicyclic amines) is 1. The van der Waals surface area contributed by atoms with E-state index in [9.17, 15) is 18.0 Å². The van der Waals surface area contributed by atoms with Crippen molar-refractivity contribution in [2.75, 3.05) is 26.2 Å². The van der Waals surface area contributed by atoms with Crippen molar-refractivity contribution in [3.05, 3.63) is 16.1 Å². The van der Waals surface area contributed by atoms with E-state index in [4.69, 9.17) is 4.74 Å². The fourth-order valence-electron chi connectivity index (χ4n) is 2.97. The topological polar surface area (TPSA) is 78.9 Å². The number of carbonyl (C=O) groups excluding carboxylic acids is 1. The molecule has 0 aromatic carbocycles.